The predicted octanol–water partition coefficient (Wildman–Crippen LogP) is 6.01. The van der Waals surface area contributed by atoms with Gasteiger partial charge in [-0.15, -0.1) is 0 Å². The van der Waals surface area contributed by atoms with Crippen molar-refractivity contribution in [3.63, 3.8) is 0 Å². The number of aromatic nitrogens is 1. The molecule has 0 fully saturated rings. The molecule has 130 valence electrons. The molecule has 2 aromatic rings. The van der Waals surface area contributed by atoms with E-state index in [0.29, 0.717) is 0 Å². The van der Waals surface area contributed by atoms with Crippen LogP contribution in [-0.2, 0) is 6.37 Å². The first-order valence-electron chi connectivity index (χ1n) is 10.2. The van der Waals surface area contributed by atoms with Crippen LogP contribution in [0, 0.1) is 5.41 Å². The van der Waals surface area contributed by atoms with E-state index in [9.17, 15) is 0 Å². The Morgan fingerprint density at radius 1 is 1.12 bits per heavy atom. The predicted molar refractivity (Wildman–Crippen MR) is 110 cm³/mol. The molecule has 0 N–H and O–H groups in total. The maximum absolute atomic E-state index is 8.85. The van der Waals surface area contributed by atoms with Crippen LogP contribution < -0.4 is 5.19 Å². The summed E-state index contributed by atoms with van der Waals surface area (Å²) in [7, 11) is -1.75. The summed E-state index contributed by atoms with van der Waals surface area (Å²) in [6.45, 7) is 16.3. The molecule has 0 spiro atoms. The molecule has 1 aromatic carbocycles. The van der Waals surface area contributed by atoms with E-state index in [1.165, 1.54) is 0 Å². The van der Waals surface area contributed by atoms with E-state index in [1.54, 1.807) is 0 Å². The average Bonchev–Trinajstić information content (AvgIpc) is 2.51. The van der Waals surface area contributed by atoms with Gasteiger partial charge in [-0.25, -0.2) is 0 Å². The van der Waals surface area contributed by atoms with Gasteiger partial charge in [0.25, 0.3) is 0 Å². The van der Waals surface area contributed by atoms with E-state index in [1.807, 2.05) is 71.1 Å². The Bertz CT molecular complexity index is 807. The summed E-state index contributed by atoms with van der Waals surface area (Å²) >= 11 is 0. The lowest BCUT2D eigenvalue weighted by Gasteiger charge is -2.26. The van der Waals surface area contributed by atoms with E-state index in [2.05, 4.69) is 24.6 Å². The molecule has 0 amide bonds. The largest absolute Gasteiger partial charge is 0.256 e. The van der Waals surface area contributed by atoms with Crippen LogP contribution in [0.1, 0.15) is 55.8 Å². The lowest BCUT2D eigenvalue weighted by Crippen LogP contribution is -2.41. The number of pyridine rings is 1. The minimum absolute atomic E-state index is 0.515. The maximum atomic E-state index is 8.85. The van der Waals surface area contributed by atoms with Crippen molar-refractivity contribution in [3.05, 3.63) is 47.7 Å². The Morgan fingerprint density at radius 3 is 2.17 bits per heavy atom. The highest BCUT2D eigenvalue weighted by atomic mass is 28.3. The molecular formula is C22H33NSi. The van der Waals surface area contributed by atoms with Gasteiger partial charge in [0.15, 0.2) is 0 Å². The molecule has 0 bridgehead atoms. The second kappa shape index (κ2) is 6.83. The molecule has 2 heteroatoms. The van der Waals surface area contributed by atoms with Gasteiger partial charge < -0.3 is 0 Å². The second-order valence-electron chi connectivity index (χ2n) is 8.82. The molecule has 0 unspecified atom stereocenters. The third-order valence-electron chi connectivity index (χ3n) is 3.98. The van der Waals surface area contributed by atoms with Crippen molar-refractivity contribution in [2.45, 2.75) is 66.5 Å². The van der Waals surface area contributed by atoms with Gasteiger partial charge in [0.1, 0.15) is 0 Å². The van der Waals surface area contributed by atoms with Crippen molar-refractivity contribution in [2.75, 3.05) is 0 Å². The third kappa shape index (κ3) is 4.79. The van der Waals surface area contributed by atoms with Crippen LogP contribution >= 0.6 is 0 Å². The van der Waals surface area contributed by atoms with Crippen molar-refractivity contribution >= 4 is 13.3 Å². The lowest BCUT2D eigenvalue weighted by atomic mass is 9.88. The molecule has 0 aliphatic rings. The summed E-state index contributed by atoms with van der Waals surface area (Å²) in [5.41, 5.74) is 2.95. The van der Waals surface area contributed by atoms with Crippen LogP contribution in [0.2, 0.25) is 19.6 Å². The van der Waals surface area contributed by atoms with Gasteiger partial charge in [-0.3, -0.25) is 4.98 Å². The van der Waals surface area contributed by atoms with Gasteiger partial charge in [-0.05, 0) is 40.1 Å². The van der Waals surface area contributed by atoms with E-state index in [0.717, 1.165) is 27.6 Å². The zero-order valence-corrected chi connectivity index (χ0v) is 17.4. The molecule has 0 radical (unpaired) electrons. The number of rotatable bonds is 4. The molecule has 0 saturated heterocycles. The summed E-state index contributed by atoms with van der Waals surface area (Å²) in [6.07, 6.45) is 0.437. The molecule has 1 aromatic heterocycles. The Morgan fingerprint density at radius 2 is 1.71 bits per heavy atom. The van der Waals surface area contributed by atoms with E-state index >= 15 is 0 Å². The van der Waals surface area contributed by atoms with Crippen LogP contribution in [0.15, 0.2) is 36.5 Å². The Kier molecular flexibility index (Phi) is 4.24. The Hall–Kier alpha value is -1.41. The minimum Gasteiger partial charge on any atom is -0.256 e. The van der Waals surface area contributed by atoms with Crippen LogP contribution in [-0.4, -0.2) is 13.1 Å². The monoisotopic (exact) mass is 342 g/mol. The molecule has 0 atom stereocenters. The Balaban J connectivity index is 2.63. The molecule has 0 aliphatic carbocycles. The van der Waals surface area contributed by atoms with Gasteiger partial charge in [0.05, 0.1) is 13.8 Å². The average molecular weight is 343 g/mol. The highest BCUT2D eigenvalue weighted by molar-refractivity contribution is 6.89. The Labute approximate surface area is 153 Å². The number of benzene rings is 1. The molecule has 0 aliphatic heterocycles. The van der Waals surface area contributed by atoms with Crippen LogP contribution in [0.25, 0.3) is 11.3 Å². The number of hydrogen-bond acceptors (Lipinski definition) is 1. The van der Waals surface area contributed by atoms with Crippen molar-refractivity contribution in [1.29, 1.82) is 0 Å². The summed E-state index contributed by atoms with van der Waals surface area (Å²) in [6, 6.07) is 9.85. The third-order valence-corrected chi connectivity index (χ3v) is 5.99. The summed E-state index contributed by atoms with van der Waals surface area (Å²) < 4.78 is 25.9. The fourth-order valence-corrected chi connectivity index (χ4v) is 4.09. The molecular weight excluding hydrogens is 306 g/mol. The van der Waals surface area contributed by atoms with E-state index in [-0.39, 0.29) is 0 Å². The highest BCUT2D eigenvalue weighted by Gasteiger charge is 2.24. The number of nitrogens with zero attached hydrogens (tertiary/aromatic N) is 1. The fraction of sp³-hybridized carbons (Fsp3) is 0.500. The van der Waals surface area contributed by atoms with Crippen LogP contribution in [0.3, 0.4) is 0 Å². The van der Waals surface area contributed by atoms with Crippen molar-refractivity contribution in [1.82, 2.24) is 4.98 Å². The summed E-state index contributed by atoms with van der Waals surface area (Å²) in [5.74, 6) is -0.636. The van der Waals surface area contributed by atoms with Crippen molar-refractivity contribution in [3.8, 4) is 11.3 Å². The molecule has 2 rings (SSSR count). The van der Waals surface area contributed by atoms with Gasteiger partial charge >= 0.3 is 0 Å². The van der Waals surface area contributed by atoms with Gasteiger partial charge in [0, 0.05) is 15.9 Å². The SMILES string of the molecule is [2H]C(C)(C)c1ccc(-c2cc(C([2H])([2H])C(C)(C)C)c([Si](C)(C)C)cn2)cc1. The minimum atomic E-state index is -1.75. The molecule has 1 heterocycles. The van der Waals surface area contributed by atoms with Crippen molar-refractivity contribution in [2.24, 2.45) is 5.41 Å². The van der Waals surface area contributed by atoms with Crippen molar-refractivity contribution < 1.29 is 4.11 Å². The fourth-order valence-electron chi connectivity index (χ4n) is 2.69. The second-order valence-corrected chi connectivity index (χ2v) is 13.9. The topological polar surface area (TPSA) is 12.9 Å². The maximum Gasteiger partial charge on any atom is 0.0799 e. The summed E-state index contributed by atoms with van der Waals surface area (Å²) in [5, 5.41) is 1.08. The first kappa shape index (κ1) is 14.9. The first-order valence-corrected chi connectivity index (χ1v) is 12.2. The summed E-state index contributed by atoms with van der Waals surface area (Å²) in [4.78, 5) is 4.68. The molecule has 1 nitrogen and oxygen atoms in total. The van der Waals surface area contributed by atoms with Gasteiger partial charge in [-0.2, -0.15) is 0 Å². The lowest BCUT2D eigenvalue weighted by molar-refractivity contribution is 0.412. The van der Waals surface area contributed by atoms with Crippen LogP contribution in [0.5, 0.6) is 0 Å². The van der Waals surface area contributed by atoms with E-state index < -0.39 is 25.8 Å². The molecule has 0 saturated carbocycles. The zero-order valence-electron chi connectivity index (χ0n) is 19.4. The first-order chi connectivity index (χ1) is 12.0. The smallest absolute Gasteiger partial charge is 0.0799 e. The quantitative estimate of drug-likeness (QED) is 0.620. The zero-order chi connectivity index (χ0) is 20.8. The van der Waals surface area contributed by atoms with E-state index in [4.69, 9.17) is 4.11 Å². The number of hydrogen-bond donors (Lipinski definition) is 0. The molecule has 24 heavy (non-hydrogen) atoms. The normalized spacial score (nSPS) is 15.6. The van der Waals surface area contributed by atoms with Crippen LogP contribution in [0.4, 0.5) is 0 Å². The highest BCUT2D eigenvalue weighted by Crippen LogP contribution is 2.26. The van der Waals surface area contributed by atoms with Gasteiger partial charge in [-0.1, -0.05) is 78.5 Å². The van der Waals surface area contributed by atoms with Gasteiger partial charge in [0.2, 0.25) is 0 Å². The standard InChI is InChI=1S/C22H33NSi/c1-16(2)17-9-11-18(12-10-17)20-13-19(14-22(3,4)5)21(15-23-20)24(6,7)8/h9-13,15-16H,14H2,1-8H3/i14D2,16D.